The first kappa shape index (κ1) is 21.1. The van der Waals surface area contributed by atoms with Crippen molar-refractivity contribution in [2.75, 3.05) is 7.11 Å². The van der Waals surface area contributed by atoms with Crippen molar-refractivity contribution in [1.29, 1.82) is 0 Å². The predicted molar refractivity (Wildman–Crippen MR) is 104 cm³/mol. The smallest absolute Gasteiger partial charge is 0.310 e. The van der Waals surface area contributed by atoms with Crippen LogP contribution in [0, 0.1) is 11.6 Å². The number of methoxy groups -OCH3 is 1. The summed E-state index contributed by atoms with van der Waals surface area (Å²) in [6.45, 7) is 1.49. The summed E-state index contributed by atoms with van der Waals surface area (Å²) < 4.78 is 35.0. The van der Waals surface area contributed by atoms with E-state index in [4.69, 9.17) is 0 Å². The number of ketones is 2. The molecule has 8 heteroatoms. The van der Waals surface area contributed by atoms with Crippen LogP contribution in [-0.4, -0.2) is 35.0 Å². The van der Waals surface area contributed by atoms with Gasteiger partial charge in [-0.15, -0.1) is 0 Å². The van der Waals surface area contributed by atoms with Crippen molar-refractivity contribution in [3.63, 3.8) is 0 Å². The molecule has 2 aromatic carbocycles. The summed E-state index contributed by atoms with van der Waals surface area (Å²) >= 11 is 1.13. The molecule has 0 radical (unpaired) electrons. The molecule has 1 aliphatic heterocycles. The summed E-state index contributed by atoms with van der Waals surface area (Å²) in [7, 11) is 1.17. The van der Waals surface area contributed by atoms with Gasteiger partial charge in [0.2, 0.25) is 11.6 Å². The van der Waals surface area contributed by atoms with Gasteiger partial charge in [-0.2, -0.15) is 0 Å². The second-order valence-electron chi connectivity index (χ2n) is 6.66. The summed E-state index contributed by atoms with van der Waals surface area (Å²) in [5, 5.41) is -0.730. The maximum absolute atomic E-state index is 14.6. The van der Waals surface area contributed by atoms with Crippen LogP contribution in [0.15, 0.2) is 42.5 Å². The average Bonchev–Trinajstić information content (AvgIpc) is 2.72. The van der Waals surface area contributed by atoms with Crippen LogP contribution in [0.4, 0.5) is 8.78 Å². The fourth-order valence-corrected chi connectivity index (χ4v) is 4.29. The van der Waals surface area contributed by atoms with Crippen molar-refractivity contribution in [1.82, 2.24) is 4.31 Å². The Kier molecular flexibility index (Phi) is 6.44. The van der Waals surface area contributed by atoms with Crippen LogP contribution in [0.5, 0.6) is 0 Å². The van der Waals surface area contributed by atoms with E-state index in [0.29, 0.717) is 5.56 Å². The first-order valence-electron chi connectivity index (χ1n) is 8.91. The van der Waals surface area contributed by atoms with E-state index >= 15 is 0 Å². The van der Waals surface area contributed by atoms with Gasteiger partial charge in [0.1, 0.15) is 16.9 Å². The lowest BCUT2D eigenvalue weighted by Gasteiger charge is -2.35. The largest absolute Gasteiger partial charge is 0.469 e. The van der Waals surface area contributed by atoms with Crippen molar-refractivity contribution in [2.45, 2.75) is 31.2 Å². The fourth-order valence-electron chi connectivity index (χ4n) is 3.04. The molecule has 29 heavy (non-hydrogen) atoms. The summed E-state index contributed by atoms with van der Waals surface area (Å²) in [6.07, 6.45) is -0.378. The number of esters is 1. The summed E-state index contributed by atoms with van der Waals surface area (Å²) in [4.78, 5) is 36.2. The second-order valence-corrected chi connectivity index (χ2v) is 7.81. The van der Waals surface area contributed by atoms with Gasteiger partial charge in [-0.25, -0.2) is 13.1 Å². The number of benzene rings is 2. The first-order valence-corrected chi connectivity index (χ1v) is 9.75. The Balaban J connectivity index is 1.85. The molecule has 0 unspecified atom stereocenters. The molecule has 0 spiro atoms. The zero-order valence-corrected chi connectivity index (χ0v) is 16.7. The highest BCUT2D eigenvalue weighted by atomic mass is 32.2. The maximum Gasteiger partial charge on any atom is 0.310 e. The van der Waals surface area contributed by atoms with Crippen LogP contribution < -0.4 is 0 Å². The van der Waals surface area contributed by atoms with Gasteiger partial charge >= 0.3 is 5.97 Å². The first-order chi connectivity index (χ1) is 13.8. The molecule has 0 saturated carbocycles. The average molecular weight is 419 g/mol. The van der Waals surface area contributed by atoms with Crippen molar-refractivity contribution in [3.8, 4) is 0 Å². The molecule has 3 rings (SSSR count). The molecule has 2 aromatic rings. The number of rotatable bonds is 5. The van der Waals surface area contributed by atoms with E-state index in [1.807, 2.05) is 0 Å². The number of Topliss-reactive ketones (excluding diaryl/α,β-unsaturated/α-hetero) is 2. The fraction of sp³-hybridized carbons (Fsp3) is 0.286. The van der Waals surface area contributed by atoms with Gasteiger partial charge in [0.25, 0.3) is 0 Å². The zero-order chi connectivity index (χ0) is 21.1. The SMILES string of the molecule is COC(=O)Cc1cc(F)c(CN2S[C@H](c3ccccc3)C(=O)C(=O)[C@@H]2C)cc1F. The van der Waals surface area contributed by atoms with Crippen molar-refractivity contribution >= 4 is 29.5 Å². The molecule has 0 aromatic heterocycles. The Morgan fingerprint density at radius 1 is 1.07 bits per heavy atom. The molecule has 0 bridgehead atoms. The summed E-state index contributed by atoms with van der Waals surface area (Å²) in [6, 6.07) is 10.0. The highest BCUT2D eigenvalue weighted by Gasteiger charge is 2.41. The monoisotopic (exact) mass is 419 g/mol. The molecular formula is C21H19F2NO4S. The molecule has 0 amide bonds. The standard InChI is InChI=1S/C21H19F2NO4S/c1-12-19(26)20(27)21(13-6-4-3-5-7-13)29-24(12)11-15-9-16(22)14(8-17(15)23)10-18(25)28-2/h3-9,12,21H,10-11H2,1-2H3/t12-,21+/m0/s1. The normalized spacial score (nSPS) is 20.0. The van der Waals surface area contributed by atoms with Crippen LogP contribution in [0.1, 0.15) is 28.9 Å². The third-order valence-corrected chi connectivity index (χ3v) is 6.15. The van der Waals surface area contributed by atoms with E-state index in [-0.39, 0.29) is 24.1 Å². The molecule has 1 saturated heterocycles. The Bertz CT molecular complexity index is 951. The van der Waals surface area contributed by atoms with E-state index in [0.717, 1.165) is 24.1 Å². The number of nitrogens with zero attached hydrogens (tertiary/aromatic N) is 1. The van der Waals surface area contributed by atoms with Gasteiger partial charge in [0.05, 0.1) is 19.6 Å². The number of carbonyl (C=O) groups is 3. The van der Waals surface area contributed by atoms with Crippen molar-refractivity contribution < 1.29 is 27.9 Å². The molecule has 152 valence electrons. The number of hydrogen-bond acceptors (Lipinski definition) is 6. The molecular weight excluding hydrogens is 400 g/mol. The molecule has 1 heterocycles. The van der Waals surface area contributed by atoms with Crippen LogP contribution in [0.2, 0.25) is 0 Å². The Labute approximate surface area is 171 Å². The third kappa shape index (κ3) is 4.54. The lowest BCUT2D eigenvalue weighted by atomic mass is 10.0. The molecule has 2 atom stereocenters. The topological polar surface area (TPSA) is 63.7 Å². The Morgan fingerprint density at radius 3 is 2.34 bits per heavy atom. The minimum absolute atomic E-state index is 0.0319. The molecule has 1 fully saturated rings. The minimum atomic E-state index is -0.773. The molecule has 0 aliphatic carbocycles. The summed E-state index contributed by atoms with van der Waals surface area (Å²) in [5.41, 5.74) is 0.600. The quantitative estimate of drug-likeness (QED) is 0.421. The van der Waals surface area contributed by atoms with Gasteiger partial charge in [-0.1, -0.05) is 42.3 Å². The van der Waals surface area contributed by atoms with E-state index in [2.05, 4.69) is 4.74 Å². The highest BCUT2D eigenvalue weighted by Crippen LogP contribution is 2.40. The lowest BCUT2D eigenvalue weighted by molar-refractivity contribution is -0.139. The highest BCUT2D eigenvalue weighted by molar-refractivity contribution is 7.98. The van der Waals surface area contributed by atoms with E-state index in [9.17, 15) is 23.2 Å². The van der Waals surface area contributed by atoms with Crippen LogP contribution in [-0.2, 0) is 32.1 Å². The predicted octanol–water partition coefficient (Wildman–Crippen LogP) is 3.41. The van der Waals surface area contributed by atoms with Crippen molar-refractivity contribution in [2.24, 2.45) is 0 Å². The van der Waals surface area contributed by atoms with Gasteiger partial charge < -0.3 is 4.74 Å². The van der Waals surface area contributed by atoms with Gasteiger partial charge in [0.15, 0.2) is 0 Å². The minimum Gasteiger partial charge on any atom is -0.469 e. The van der Waals surface area contributed by atoms with Gasteiger partial charge in [-0.3, -0.25) is 14.4 Å². The van der Waals surface area contributed by atoms with E-state index in [1.54, 1.807) is 41.6 Å². The lowest BCUT2D eigenvalue weighted by Crippen LogP contribution is -2.45. The summed E-state index contributed by atoms with van der Waals surface area (Å²) in [5.74, 6) is -3.18. The van der Waals surface area contributed by atoms with Crippen LogP contribution in [0.3, 0.4) is 0 Å². The zero-order valence-electron chi connectivity index (χ0n) is 15.9. The van der Waals surface area contributed by atoms with E-state index < -0.39 is 40.5 Å². The maximum atomic E-state index is 14.6. The number of ether oxygens (including phenoxy) is 1. The van der Waals surface area contributed by atoms with Gasteiger partial charge in [-0.05, 0) is 24.6 Å². The van der Waals surface area contributed by atoms with Crippen molar-refractivity contribution in [3.05, 3.63) is 70.8 Å². The third-order valence-electron chi connectivity index (χ3n) is 4.74. The van der Waals surface area contributed by atoms with Crippen LogP contribution >= 0.6 is 11.9 Å². The Morgan fingerprint density at radius 2 is 1.69 bits per heavy atom. The number of carbonyl (C=O) groups excluding carboxylic acids is 3. The van der Waals surface area contributed by atoms with Crippen LogP contribution in [0.25, 0.3) is 0 Å². The van der Waals surface area contributed by atoms with Gasteiger partial charge in [0, 0.05) is 17.7 Å². The number of hydrogen-bond donors (Lipinski definition) is 0. The second kappa shape index (κ2) is 8.84. The number of halogens is 2. The Hall–Kier alpha value is -2.58. The molecule has 0 N–H and O–H groups in total. The molecule has 5 nitrogen and oxygen atoms in total. The molecule has 1 aliphatic rings. The van der Waals surface area contributed by atoms with E-state index in [1.165, 1.54) is 7.11 Å².